The lowest BCUT2D eigenvalue weighted by Gasteiger charge is -2.28. The lowest BCUT2D eigenvalue weighted by molar-refractivity contribution is -0.130. The average Bonchev–Trinajstić information content (AvgIpc) is 3.29. The normalized spacial score (nSPS) is 14.9. The molecule has 0 spiro atoms. The molecule has 1 heterocycles. The SMILES string of the molecule is N#CC1(C(=O)NNC(=O)c2nc(-c3ccccc3)n(-c3ccccc3)n2)CCCCC1. The van der Waals surface area contributed by atoms with Crippen LogP contribution in [0.5, 0.6) is 0 Å². The summed E-state index contributed by atoms with van der Waals surface area (Å²) in [5.41, 5.74) is 5.22. The van der Waals surface area contributed by atoms with Gasteiger partial charge in [-0.25, -0.2) is 9.67 Å². The molecule has 8 nitrogen and oxygen atoms in total. The van der Waals surface area contributed by atoms with Gasteiger partial charge in [0.05, 0.1) is 11.8 Å². The quantitative estimate of drug-likeness (QED) is 0.637. The zero-order valence-electron chi connectivity index (χ0n) is 16.9. The predicted octanol–water partition coefficient (Wildman–Crippen LogP) is 3.17. The molecule has 2 aromatic carbocycles. The Morgan fingerprint density at radius 2 is 1.58 bits per heavy atom. The number of hydrazine groups is 1. The van der Waals surface area contributed by atoms with Crippen LogP contribution in [0.25, 0.3) is 17.1 Å². The van der Waals surface area contributed by atoms with E-state index in [1.165, 1.54) is 0 Å². The Labute approximate surface area is 179 Å². The first kappa shape index (κ1) is 20.3. The van der Waals surface area contributed by atoms with Gasteiger partial charge in [-0.3, -0.25) is 20.4 Å². The molecule has 8 heteroatoms. The van der Waals surface area contributed by atoms with Gasteiger partial charge in [0, 0.05) is 5.56 Å². The van der Waals surface area contributed by atoms with Gasteiger partial charge in [-0.2, -0.15) is 5.26 Å². The number of nitrogens with one attached hydrogen (secondary N) is 2. The molecule has 0 saturated heterocycles. The standard InChI is InChI=1S/C23H22N6O2/c24-16-23(14-8-3-9-15-23)22(31)27-26-21(30)19-25-20(17-10-4-1-5-11-17)29(28-19)18-12-6-2-7-13-18/h1-2,4-7,10-13H,3,8-9,14-15H2,(H,26,30)(H,27,31). The van der Waals surface area contributed by atoms with Crippen LogP contribution in [0.15, 0.2) is 60.7 Å². The van der Waals surface area contributed by atoms with Crippen LogP contribution >= 0.6 is 0 Å². The van der Waals surface area contributed by atoms with Crippen molar-refractivity contribution < 1.29 is 9.59 Å². The first-order chi connectivity index (χ1) is 15.1. The van der Waals surface area contributed by atoms with Gasteiger partial charge < -0.3 is 0 Å². The summed E-state index contributed by atoms with van der Waals surface area (Å²) < 4.78 is 1.59. The van der Waals surface area contributed by atoms with Crippen molar-refractivity contribution in [3.63, 3.8) is 0 Å². The third-order valence-electron chi connectivity index (χ3n) is 5.49. The van der Waals surface area contributed by atoms with Gasteiger partial charge in [0.1, 0.15) is 5.41 Å². The summed E-state index contributed by atoms with van der Waals surface area (Å²) in [6.07, 6.45) is 3.62. The number of hydrogen-bond acceptors (Lipinski definition) is 5. The fourth-order valence-corrected chi connectivity index (χ4v) is 3.77. The topological polar surface area (TPSA) is 113 Å². The second-order valence-corrected chi connectivity index (χ2v) is 7.54. The van der Waals surface area contributed by atoms with E-state index in [1.807, 2.05) is 60.7 Å². The molecule has 0 atom stereocenters. The highest BCUT2D eigenvalue weighted by Gasteiger charge is 2.40. The summed E-state index contributed by atoms with van der Waals surface area (Å²) in [5, 5.41) is 13.9. The van der Waals surface area contributed by atoms with Crippen molar-refractivity contribution in [2.75, 3.05) is 0 Å². The van der Waals surface area contributed by atoms with Crippen LogP contribution < -0.4 is 10.9 Å². The fourth-order valence-electron chi connectivity index (χ4n) is 3.77. The number of amides is 2. The van der Waals surface area contributed by atoms with E-state index in [4.69, 9.17) is 0 Å². The molecule has 156 valence electrons. The monoisotopic (exact) mass is 414 g/mol. The van der Waals surface area contributed by atoms with E-state index in [0.717, 1.165) is 30.5 Å². The molecular weight excluding hydrogens is 392 g/mol. The van der Waals surface area contributed by atoms with E-state index in [1.54, 1.807) is 4.68 Å². The van der Waals surface area contributed by atoms with Gasteiger partial charge in [-0.1, -0.05) is 67.8 Å². The third kappa shape index (κ3) is 4.16. The van der Waals surface area contributed by atoms with Crippen LogP contribution in [0.3, 0.4) is 0 Å². The number of benzene rings is 2. The third-order valence-corrected chi connectivity index (χ3v) is 5.49. The van der Waals surface area contributed by atoms with Crippen molar-refractivity contribution in [2.45, 2.75) is 32.1 Å². The van der Waals surface area contributed by atoms with Crippen molar-refractivity contribution in [3.8, 4) is 23.1 Å². The lowest BCUT2D eigenvalue weighted by Crippen LogP contribution is -2.49. The van der Waals surface area contributed by atoms with Crippen molar-refractivity contribution in [1.82, 2.24) is 25.6 Å². The summed E-state index contributed by atoms with van der Waals surface area (Å²) >= 11 is 0. The minimum absolute atomic E-state index is 0.0855. The van der Waals surface area contributed by atoms with E-state index in [-0.39, 0.29) is 5.82 Å². The highest BCUT2D eigenvalue weighted by atomic mass is 16.2. The van der Waals surface area contributed by atoms with Gasteiger partial charge in [-0.15, -0.1) is 5.10 Å². The molecule has 2 amide bonds. The Morgan fingerprint density at radius 3 is 2.23 bits per heavy atom. The van der Waals surface area contributed by atoms with Crippen molar-refractivity contribution in [1.29, 1.82) is 5.26 Å². The van der Waals surface area contributed by atoms with Crippen LogP contribution in [-0.4, -0.2) is 26.6 Å². The molecule has 31 heavy (non-hydrogen) atoms. The first-order valence-corrected chi connectivity index (χ1v) is 10.2. The molecule has 0 aliphatic heterocycles. The van der Waals surface area contributed by atoms with Crippen LogP contribution in [0.2, 0.25) is 0 Å². The van der Waals surface area contributed by atoms with Gasteiger partial charge in [0.25, 0.3) is 5.91 Å². The predicted molar refractivity (Wildman–Crippen MR) is 114 cm³/mol. The Balaban J connectivity index is 1.57. The molecule has 0 unspecified atom stereocenters. The number of nitrogens with zero attached hydrogens (tertiary/aromatic N) is 4. The number of hydrogen-bond donors (Lipinski definition) is 2. The van der Waals surface area contributed by atoms with Crippen molar-refractivity contribution in [2.24, 2.45) is 5.41 Å². The molecule has 1 saturated carbocycles. The summed E-state index contributed by atoms with van der Waals surface area (Å²) in [6.45, 7) is 0. The van der Waals surface area contributed by atoms with Crippen molar-refractivity contribution >= 4 is 11.8 Å². The van der Waals surface area contributed by atoms with Crippen molar-refractivity contribution in [3.05, 3.63) is 66.5 Å². The molecular formula is C23H22N6O2. The molecule has 3 aromatic rings. The van der Waals surface area contributed by atoms with Crippen LogP contribution in [0.1, 0.15) is 42.7 Å². The Bertz CT molecular complexity index is 1050. The van der Waals surface area contributed by atoms with E-state index in [9.17, 15) is 14.9 Å². The second-order valence-electron chi connectivity index (χ2n) is 7.54. The number of aromatic nitrogens is 3. The van der Waals surface area contributed by atoms with Crippen LogP contribution in [0.4, 0.5) is 0 Å². The molecule has 2 N–H and O–H groups in total. The van der Waals surface area contributed by atoms with Crippen LogP contribution in [-0.2, 0) is 4.79 Å². The number of rotatable bonds is 4. The van der Waals surface area contributed by atoms with E-state index in [2.05, 4.69) is 27.0 Å². The highest BCUT2D eigenvalue weighted by Crippen LogP contribution is 2.35. The van der Waals surface area contributed by atoms with Gasteiger partial charge in [0.2, 0.25) is 5.82 Å². The Hall–Kier alpha value is -3.99. The Kier molecular flexibility index (Phi) is 5.76. The first-order valence-electron chi connectivity index (χ1n) is 10.2. The largest absolute Gasteiger partial charge is 0.309 e. The summed E-state index contributed by atoms with van der Waals surface area (Å²) in [4.78, 5) is 29.7. The molecule has 4 rings (SSSR count). The second kappa shape index (κ2) is 8.79. The van der Waals surface area contributed by atoms with Gasteiger partial charge in [0.15, 0.2) is 5.82 Å². The number of para-hydroxylation sites is 1. The van der Waals surface area contributed by atoms with Gasteiger partial charge >= 0.3 is 5.91 Å². The summed E-state index contributed by atoms with van der Waals surface area (Å²) in [6, 6.07) is 20.9. The fraction of sp³-hybridized carbons (Fsp3) is 0.261. The highest BCUT2D eigenvalue weighted by molar-refractivity contribution is 5.94. The minimum Gasteiger partial charge on any atom is -0.271 e. The molecule has 0 radical (unpaired) electrons. The minimum atomic E-state index is -1.10. The van der Waals surface area contributed by atoms with E-state index < -0.39 is 17.2 Å². The van der Waals surface area contributed by atoms with Crippen LogP contribution in [0, 0.1) is 16.7 Å². The lowest BCUT2D eigenvalue weighted by atomic mass is 9.75. The zero-order chi connectivity index (χ0) is 21.7. The number of carbonyl (C=O) groups excluding carboxylic acids is 2. The van der Waals surface area contributed by atoms with Gasteiger partial charge in [-0.05, 0) is 25.0 Å². The number of nitriles is 1. The molecule has 0 bridgehead atoms. The maximum absolute atomic E-state index is 12.7. The molecule has 1 fully saturated rings. The number of carbonyl (C=O) groups is 2. The molecule has 1 aromatic heterocycles. The average molecular weight is 414 g/mol. The summed E-state index contributed by atoms with van der Waals surface area (Å²) in [7, 11) is 0. The maximum atomic E-state index is 12.7. The molecule has 1 aliphatic carbocycles. The zero-order valence-corrected chi connectivity index (χ0v) is 16.9. The summed E-state index contributed by atoms with van der Waals surface area (Å²) in [5.74, 6) is -0.723. The van der Waals surface area contributed by atoms with E-state index in [0.29, 0.717) is 18.7 Å². The maximum Gasteiger partial charge on any atom is 0.309 e. The smallest absolute Gasteiger partial charge is 0.271 e. The Morgan fingerprint density at radius 1 is 0.935 bits per heavy atom. The molecule has 1 aliphatic rings. The van der Waals surface area contributed by atoms with E-state index >= 15 is 0 Å².